The van der Waals surface area contributed by atoms with Crippen LogP contribution in [0.1, 0.15) is 27.2 Å². The van der Waals surface area contributed by atoms with Crippen LogP contribution in [0.15, 0.2) is 0 Å². The summed E-state index contributed by atoms with van der Waals surface area (Å²) in [7, 11) is 0. The third kappa shape index (κ3) is 4.28. The predicted octanol–water partition coefficient (Wildman–Crippen LogP) is 1.92. The smallest absolute Gasteiger partial charge is 0.236 e. The van der Waals surface area contributed by atoms with Crippen molar-refractivity contribution in [3.8, 4) is 6.07 Å². The van der Waals surface area contributed by atoms with Gasteiger partial charge >= 0.3 is 0 Å². The normalized spacial score (nSPS) is 12.3. The van der Waals surface area contributed by atoms with Crippen LogP contribution < -0.4 is 0 Å². The number of halogens is 1. The Hall–Kier alpha value is -0.560. The molecule has 0 radical (unpaired) electrons. The van der Waals surface area contributed by atoms with Gasteiger partial charge in [0.2, 0.25) is 5.91 Å². The molecule has 0 aliphatic rings. The van der Waals surface area contributed by atoms with Crippen LogP contribution in [0.5, 0.6) is 0 Å². The third-order valence-corrected chi connectivity index (χ3v) is 2.10. The Bertz CT molecular complexity index is 208. The lowest BCUT2D eigenvalue weighted by Gasteiger charge is -2.26. The van der Waals surface area contributed by atoms with E-state index in [0.717, 1.165) is 0 Å². The van der Waals surface area contributed by atoms with Gasteiger partial charge in [0.05, 0.1) is 17.3 Å². The number of nitriles is 1. The molecule has 0 aliphatic carbocycles. The highest BCUT2D eigenvalue weighted by molar-refractivity contribution is 9.10. The molecule has 1 amide bonds. The molecule has 74 valence electrons. The summed E-state index contributed by atoms with van der Waals surface area (Å²) in [5.74, 6) is 0.0465. The van der Waals surface area contributed by atoms with Gasteiger partial charge in [-0.25, -0.2) is 0 Å². The first-order valence-corrected chi connectivity index (χ1v) is 5.23. The van der Waals surface area contributed by atoms with Crippen molar-refractivity contribution < 1.29 is 4.79 Å². The molecule has 0 fully saturated rings. The second-order valence-corrected chi connectivity index (χ2v) is 4.52. The molecule has 1 unspecified atom stereocenters. The number of carbonyl (C=O) groups is 1. The first-order valence-electron chi connectivity index (χ1n) is 4.32. The second-order valence-electron chi connectivity index (χ2n) is 3.15. The molecule has 0 aromatic rings. The van der Waals surface area contributed by atoms with Crippen LogP contribution in [-0.2, 0) is 4.79 Å². The maximum absolute atomic E-state index is 11.6. The fraction of sp³-hybridized carbons (Fsp3) is 0.778. The Morgan fingerprint density at radius 1 is 1.54 bits per heavy atom. The van der Waals surface area contributed by atoms with Crippen LogP contribution in [-0.4, -0.2) is 28.2 Å². The minimum absolute atomic E-state index is 0.0465. The first kappa shape index (κ1) is 12.4. The minimum atomic E-state index is -0.173. The van der Waals surface area contributed by atoms with Gasteiger partial charge in [0.25, 0.3) is 0 Å². The molecule has 0 heterocycles. The number of amides is 1. The fourth-order valence-electron chi connectivity index (χ4n) is 1.02. The molecule has 13 heavy (non-hydrogen) atoms. The Kier molecular flexibility index (Phi) is 5.72. The number of nitrogens with zero attached hydrogens (tertiary/aromatic N) is 2. The Morgan fingerprint density at radius 2 is 2.08 bits per heavy atom. The molecular formula is C9H15BrN2O. The zero-order chi connectivity index (χ0) is 10.4. The minimum Gasteiger partial charge on any atom is -0.338 e. The summed E-state index contributed by atoms with van der Waals surface area (Å²) in [5.41, 5.74) is 0. The highest BCUT2D eigenvalue weighted by Gasteiger charge is 2.19. The Morgan fingerprint density at radius 3 is 2.38 bits per heavy atom. The van der Waals surface area contributed by atoms with Gasteiger partial charge in [0.1, 0.15) is 0 Å². The van der Waals surface area contributed by atoms with Crippen molar-refractivity contribution in [1.82, 2.24) is 4.90 Å². The molecule has 4 heteroatoms. The average molecular weight is 247 g/mol. The molecule has 3 nitrogen and oxygen atoms in total. The fourth-order valence-corrected chi connectivity index (χ4v) is 1.28. The van der Waals surface area contributed by atoms with Crippen molar-refractivity contribution in [3.05, 3.63) is 0 Å². The number of alkyl halides is 1. The highest BCUT2D eigenvalue weighted by Crippen LogP contribution is 2.08. The van der Waals surface area contributed by atoms with Crippen molar-refractivity contribution >= 4 is 21.8 Å². The van der Waals surface area contributed by atoms with Crippen molar-refractivity contribution in [2.24, 2.45) is 0 Å². The largest absolute Gasteiger partial charge is 0.338 e. The lowest BCUT2D eigenvalue weighted by atomic mass is 10.2. The standard InChI is InChI=1S/C9H15BrN2O/c1-7(2)12(6-4-5-11)9(13)8(3)10/h7-8H,4,6H2,1-3H3. The summed E-state index contributed by atoms with van der Waals surface area (Å²) in [6, 6.07) is 2.19. The van der Waals surface area contributed by atoms with Gasteiger partial charge in [0, 0.05) is 12.6 Å². The van der Waals surface area contributed by atoms with Crippen LogP contribution >= 0.6 is 15.9 Å². The predicted molar refractivity (Wildman–Crippen MR) is 55.5 cm³/mol. The van der Waals surface area contributed by atoms with Crippen LogP contribution in [0.25, 0.3) is 0 Å². The van der Waals surface area contributed by atoms with Crippen LogP contribution in [0, 0.1) is 11.3 Å². The average Bonchev–Trinajstić information content (AvgIpc) is 2.04. The quantitative estimate of drug-likeness (QED) is 0.712. The molecule has 0 saturated carbocycles. The number of hydrogen-bond acceptors (Lipinski definition) is 2. The van der Waals surface area contributed by atoms with Crippen LogP contribution in [0.2, 0.25) is 0 Å². The van der Waals surface area contributed by atoms with Crippen molar-refractivity contribution in [3.63, 3.8) is 0 Å². The van der Waals surface area contributed by atoms with E-state index in [2.05, 4.69) is 15.9 Å². The van der Waals surface area contributed by atoms with Gasteiger partial charge in [-0.2, -0.15) is 5.26 Å². The van der Waals surface area contributed by atoms with E-state index in [1.807, 2.05) is 19.9 Å². The number of carbonyl (C=O) groups excluding carboxylic acids is 1. The second kappa shape index (κ2) is 5.98. The summed E-state index contributed by atoms with van der Waals surface area (Å²) in [5, 5.41) is 8.42. The zero-order valence-electron chi connectivity index (χ0n) is 8.25. The van der Waals surface area contributed by atoms with Gasteiger partial charge in [0.15, 0.2) is 0 Å². The molecule has 0 aliphatic heterocycles. The summed E-state index contributed by atoms with van der Waals surface area (Å²) in [6.07, 6.45) is 0.393. The van der Waals surface area contributed by atoms with Crippen molar-refractivity contribution in [2.45, 2.75) is 38.1 Å². The molecule has 0 saturated heterocycles. The molecule has 1 atom stereocenters. The van der Waals surface area contributed by atoms with E-state index in [1.165, 1.54) is 0 Å². The van der Waals surface area contributed by atoms with E-state index in [1.54, 1.807) is 11.8 Å². The highest BCUT2D eigenvalue weighted by atomic mass is 79.9. The summed E-state index contributed by atoms with van der Waals surface area (Å²) in [6.45, 7) is 6.21. The van der Waals surface area contributed by atoms with E-state index >= 15 is 0 Å². The van der Waals surface area contributed by atoms with Crippen molar-refractivity contribution in [1.29, 1.82) is 5.26 Å². The first-order chi connectivity index (χ1) is 6.00. The lowest BCUT2D eigenvalue weighted by molar-refractivity contribution is -0.131. The topological polar surface area (TPSA) is 44.1 Å². The Balaban J connectivity index is 4.26. The van der Waals surface area contributed by atoms with Gasteiger partial charge in [-0.3, -0.25) is 4.79 Å². The number of hydrogen-bond donors (Lipinski definition) is 0. The maximum Gasteiger partial charge on any atom is 0.236 e. The monoisotopic (exact) mass is 246 g/mol. The van der Waals surface area contributed by atoms with Gasteiger partial charge < -0.3 is 4.90 Å². The van der Waals surface area contributed by atoms with Gasteiger partial charge in [-0.15, -0.1) is 0 Å². The van der Waals surface area contributed by atoms with E-state index in [0.29, 0.717) is 13.0 Å². The SMILES string of the molecule is CC(Br)C(=O)N(CCC#N)C(C)C. The number of rotatable bonds is 4. The van der Waals surface area contributed by atoms with Gasteiger partial charge in [-0.1, -0.05) is 15.9 Å². The molecular weight excluding hydrogens is 232 g/mol. The zero-order valence-corrected chi connectivity index (χ0v) is 9.84. The summed E-state index contributed by atoms with van der Waals surface area (Å²) >= 11 is 3.23. The van der Waals surface area contributed by atoms with Crippen LogP contribution in [0.4, 0.5) is 0 Å². The molecule has 0 spiro atoms. The van der Waals surface area contributed by atoms with E-state index in [-0.39, 0.29) is 16.8 Å². The van der Waals surface area contributed by atoms with Crippen molar-refractivity contribution in [2.75, 3.05) is 6.54 Å². The summed E-state index contributed by atoms with van der Waals surface area (Å²) in [4.78, 5) is 13.1. The van der Waals surface area contributed by atoms with E-state index < -0.39 is 0 Å². The summed E-state index contributed by atoms with van der Waals surface area (Å²) < 4.78 is 0. The van der Waals surface area contributed by atoms with Gasteiger partial charge in [-0.05, 0) is 20.8 Å². The van der Waals surface area contributed by atoms with E-state index in [4.69, 9.17) is 5.26 Å². The van der Waals surface area contributed by atoms with Crippen LogP contribution in [0.3, 0.4) is 0 Å². The third-order valence-electron chi connectivity index (χ3n) is 1.71. The molecule has 0 N–H and O–H groups in total. The maximum atomic E-state index is 11.6. The molecule has 0 bridgehead atoms. The molecule has 0 rings (SSSR count). The Labute approximate surface area is 87.8 Å². The molecule has 0 aromatic carbocycles. The van der Waals surface area contributed by atoms with E-state index in [9.17, 15) is 4.79 Å². The lowest BCUT2D eigenvalue weighted by Crippen LogP contribution is -2.41. The molecule has 0 aromatic heterocycles.